The summed E-state index contributed by atoms with van der Waals surface area (Å²) in [5, 5.41) is 0. The molecule has 148 valence electrons. The zero-order valence-corrected chi connectivity index (χ0v) is 16.3. The first-order valence-corrected chi connectivity index (χ1v) is 9.07. The van der Waals surface area contributed by atoms with Crippen LogP contribution in [0.15, 0.2) is 24.3 Å². The van der Waals surface area contributed by atoms with E-state index in [1.165, 1.54) is 18.2 Å². The van der Waals surface area contributed by atoms with Gasteiger partial charge in [-0.15, -0.1) is 0 Å². The van der Waals surface area contributed by atoms with E-state index in [2.05, 4.69) is 0 Å². The van der Waals surface area contributed by atoms with E-state index in [9.17, 15) is 14.0 Å². The van der Waals surface area contributed by atoms with E-state index < -0.39 is 11.6 Å². The lowest BCUT2D eigenvalue weighted by atomic mass is 10.1. The van der Waals surface area contributed by atoms with Gasteiger partial charge in [0.05, 0.1) is 12.3 Å². The van der Waals surface area contributed by atoms with Crippen molar-refractivity contribution in [1.82, 2.24) is 4.90 Å². The Hall–Kier alpha value is -2.57. The molecule has 0 atom stereocenters. The molecule has 0 aliphatic carbocycles. The van der Waals surface area contributed by atoms with Crippen LogP contribution in [-0.2, 0) is 14.3 Å². The Morgan fingerprint density at radius 3 is 2.41 bits per heavy atom. The molecular formula is C20H27FN2O4. The molecule has 1 fully saturated rings. The molecule has 1 aromatic carbocycles. The minimum absolute atomic E-state index is 0.297. The Morgan fingerprint density at radius 1 is 1.19 bits per heavy atom. The van der Waals surface area contributed by atoms with Gasteiger partial charge in [-0.25, -0.2) is 14.0 Å². The van der Waals surface area contributed by atoms with Crippen molar-refractivity contribution in [3.63, 3.8) is 0 Å². The van der Waals surface area contributed by atoms with Gasteiger partial charge in [-0.1, -0.05) is 6.07 Å². The molecule has 1 aromatic rings. The van der Waals surface area contributed by atoms with Crippen LogP contribution in [0.4, 0.5) is 14.9 Å². The largest absolute Gasteiger partial charge is 0.463 e. The minimum atomic E-state index is -0.534. The summed E-state index contributed by atoms with van der Waals surface area (Å²) in [4.78, 5) is 27.0. The van der Waals surface area contributed by atoms with Crippen LogP contribution in [0.2, 0.25) is 0 Å². The van der Waals surface area contributed by atoms with E-state index >= 15 is 0 Å². The van der Waals surface area contributed by atoms with Gasteiger partial charge in [0.1, 0.15) is 11.4 Å². The van der Waals surface area contributed by atoms with Crippen LogP contribution in [0.3, 0.4) is 0 Å². The minimum Gasteiger partial charge on any atom is -0.463 e. The van der Waals surface area contributed by atoms with Crippen LogP contribution >= 0.6 is 0 Å². The molecule has 6 nitrogen and oxygen atoms in total. The molecule has 1 amide bonds. The van der Waals surface area contributed by atoms with Gasteiger partial charge >= 0.3 is 12.1 Å². The van der Waals surface area contributed by atoms with E-state index in [1.54, 1.807) is 24.0 Å². The van der Waals surface area contributed by atoms with Gasteiger partial charge in [0.25, 0.3) is 0 Å². The number of piperazine rings is 1. The lowest BCUT2D eigenvalue weighted by Crippen LogP contribution is -2.50. The number of ether oxygens (including phenoxy) is 2. The maximum absolute atomic E-state index is 14.5. The van der Waals surface area contributed by atoms with Crippen LogP contribution in [0.25, 0.3) is 6.08 Å². The van der Waals surface area contributed by atoms with Crippen molar-refractivity contribution in [2.45, 2.75) is 33.3 Å². The van der Waals surface area contributed by atoms with Crippen molar-refractivity contribution < 1.29 is 23.5 Å². The number of rotatable bonds is 4. The molecule has 0 aromatic heterocycles. The fourth-order valence-electron chi connectivity index (χ4n) is 2.69. The maximum Gasteiger partial charge on any atom is 0.410 e. The van der Waals surface area contributed by atoms with E-state index in [4.69, 9.17) is 9.47 Å². The first-order chi connectivity index (χ1) is 12.7. The van der Waals surface area contributed by atoms with Crippen molar-refractivity contribution in [2.75, 3.05) is 37.7 Å². The molecule has 0 bridgehead atoms. The van der Waals surface area contributed by atoms with Crippen LogP contribution in [0.5, 0.6) is 0 Å². The Labute approximate surface area is 159 Å². The fraction of sp³-hybridized carbons (Fsp3) is 0.500. The van der Waals surface area contributed by atoms with Crippen molar-refractivity contribution in [2.24, 2.45) is 0 Å². The highest BCUT2D eigenvalue weighted by Crippen LogP contribution is 2.23. The third-order valence-electron chi connectivity index (χ3n) is 3.94. The van der Waals surface area contributed by atoms with Gasteiger partial charge in [0.15, 0.2) is 0 Å². The number of carbonyl (C=O) groups is 2. The average molecular weight is 378 g/mol. The second-order valence-corrected chi connectivity index (χ2v) is 7.25. The van der Waals surface area contributed by atoms with Gasteiger partial charge in [-0.05, 0) is 51.5 Å². The van der Waals surface area contributed by atoms with Crippen molar-refractivity contribution in [3.8, 4) is 0 Å². The van der Waals surface area contributed by atoms with E-state index in [1.807, 2.05) is 25.7 Å². The summed E-state index contributed by atoms with van der Waals surface area (Å²) < 4.78 is 24.7. The molecule has 2 rings (SSSR count). The van der Waals surface area contributed by atoms with E-state index in [-0.39, 0.29) is 11.9 Å². The molecule has 7 heteroatoms. The zero-order valence-electron chi connectivity index (χ0n) is 16.3. The van der Waals surface area contributed by atoms with Gasteiger partial charge in [-0.3, -0.25) is 0 Å². The lowest BCUT2D eigenvalue weighted by molar-refractivity contribution is -0.137. The van der Waals surface area contributed by atoms with Gasteiger partial charge in [0, 0.05) is 32.3 Å². The Balaban J connectivity index is 1.96. The summed E-state index contributed by atoms with van der Waals surface area (Å²) in [6, 6.07) is 4.81. The van der Waals surface area contributed by atoms with Crippen molar-refractivity contribution in [3.05, 3.63) is 35.7 Å². The monoisotopic (exact) mass is 378 g/mol. The first kappa shape index (κ1) is 20.7. The van der Waals surface area contributed by atoms with Gasteiger partial charge < -0.3 is 19.3 Å². The fourth-order valence-corrected chi connectivity index (χ4v) is 2.69. The summed E-state index contributed by atoms with van der Waals surface area (Å²) in [7, 11) is 0. The highest BCUT2D eigenvalue weighted by atomic mass is 19.1. The highest BCUT2D eigenvalue weighted by Gasteiger charge is 2.26. The molecule has 27 heavy (non-hydrogen) atoms. The predicted molar refractivity (Wildman–Crippen MR) is 102 cm³/mol. The first-order valence-electron chi connectivity index (χ1n) is 9.07. The number of amides is 1. The second kappa shape index (κ2) is 8.88. The van der Waals surface area contributed by atoms with Crippen LogP contribution in [-0.4, -0.2) is 55.3 Å². The zero-order chi connectivity index (χ0) is 20.0. The van der Waals surface area contributed by atoms with Crippen LogP contribution < -0.4 is 4.90 Å². The number of hydrogen-bond acceptors (Lipinski definition) is 5. The SMILES string of the molecule is CCOC(=O)/C=C\c1ccc(N2CCN(C(=O)OC(C)(C)C)CC2)c(F)c1. The van der Waals surface area contributed by atoms with Crippen LogP contribution in [0.1, 0.15) is 33.3 Å². The molecule has 0 saturated carbocycles. The number of benzene rings is 1. The standard InChI is InChI=1S/C20H27FN2O4/c1-5-26-18(24)9-7-15-6-8-17(16(21)14-15)22-10-12-23(13-11-22)19(25)27-20(2,3)4/h6-9,14H,5,10-13H2,1-4H3/b9-7-. The summed E-state index contributed by atoms with van der Waals surface area (Å²) in [5.41, 5.74) is 0.525. The summed E-state index contributed by atoms with van der Waals surface area (Å²) in [5.74, 6) is -0.827. The molecule has 1 aliphatic rings. The third-order valence-corrected chi connectivity index (χ3v) is 3.94. The highest BCUT2D eigenvalue weighted by molar-refractivity contribution is 5.87. The number of hydrogen-bond donors (Lipinski definition) is 0. The lowest BCUT2D eigenvalue weighted by Gasteiger charge is -2.36. The Kier molecular flexibility index (Phi) is 6.82. The molecule has 0 N–H and O–H groups in total. The quantitative estimate of drug-likeness (QED) is 0.593. The Bertz CT molecular complexity index is 704. The normalized spacial score (nSPS) is 15.1. The van der Waals surface area contributed by atoms with E-state index in [0.717, 1.165) is 0 Å². The van der Waals surface area contributed by atoms with Crippen LogP contribution in [0, 0.1) is 5.82 Å². The molecule has 1 saturated heterocycles. The number of halogens is 1. The predicted octanol–water partition coefficient (Wildman–Crippen LogP) is 3.46. The molecule has 1 heterocycles. The molecule has 1 aliphatic heterocycles. The topological polar surface area (TPSA) is 59.1 Å². The molecule has 0 spiro atoms. The van der Waals surface area contributed by atoms with E-state index in [0.29, 0.717) is 44.0 Å². The number of anilines is 1. The van der Waals surface area contributed by atoms with Gasteiger partial charge in [0.2, 0.25) is 0 Å². The number of nitrogens with zero attached hydrogens (tertiary/aromatic N) is 2. The third kappa shape index (κ3) is 6.27. The smallest absolute Gasteiger partial charge is 0.410 e. The number of esters is 1. The molecule has 0 unspecified atom stereocenters. The molecule has 0 radical (unpaired) electrons. The summed E-state index contributed by atoms with van der Waals surface area (Å²) in [6.45, 7) is 9.49. The van der Waals surface area contributed by atoms with Gasteiger partial charge in [-0.2, -0.15) is 0 Å². The summed E-state index contributed by atoms with van der Waals surface area (Å²) in [6.07, 6.45) is 2.45. The van der Waals surface area contributed by atoms with Crippen molar-refractivity contribution >= 4 is 23.8 Å². The molecular weight excluding hydrogens is 351 g/mol. The summed E-state index contributed by atoms with van der Waals surface area (Å²) >= 11 is 0. The maximum atomic E-state index is 14.5. The second-order valence-electron chi connectivity index (χ2n) is 7.25. The average Bonchev–Trinajstić information content (AvgIpc) is 2.59. The number of carbonyl (C=O) groups excluding carboxylic acids is 2. The Morgan fingerprint density at radius 2 is 1.85 bits per heavy atom. The van der Waals surface area contributed by atoms with Crippen molar-refractivity contribution in [1.29, 1.82) is 0 Å².